The van der Waals surface area contributed by atoms with Crippen LogP contribution in [0.5, 0.6) is 0 Å². The van der Waals surface area contributed by atoms with Crippen LogP contribution in [0.4, 0.5) is 4.79 Å². The van der Waals surface area contributed by atoms with Crippen molar-refractivity contribution in [3.63, 3.8) is 0 Å². The van der Waals surface area contributed by atoms with Crippen LogP contribution in [0.3, 0.4) is 0 Å². The normalized spacial score (nSPS) is 16.7. The van der Waals surface area contributed by atoms with Crippen LogP contribution in [-0.2, 0) is 37.0 Å². The van der Waals surface area contributed by atoms with Crippen LogP contribution in [0.2, 0.25) is 0 Å². The van der Waals surface area contributed by atoms with E-state index in [2.05, 4.69) is 28.1 Å². The number of amides is 3. The molecule has 11 heteroatoms. The first kappa shape index (κ1) is 34.8. The van der Waals surface area contributed by atoms with Crippen molar-refractivity contribution in [2.75, 3.05) is 19.7 Å². The van der Waals surface area contributed by atoms with Crippen molar-refractivity contribution in [3.8, 4) is 0 Å². The van der Waals surface area contributed by atoms with E-state index in [0.29, 0.717) is 31.7 Å². The lowest BCUT2D eigenvalue weighted by molar-refractivity contribution is -0.144. The molecule has 4 N–H and O–H groups in total. The Kier molecular flexibility index (Phi) is 13.1. The van der Waals surface area contributed by atoms with Gasteiger partial charge in [0.05, 0.1) is 19.1 Å². The predicted molar refractivity (Wildman–Crippen MR) is 178 cm³/mol. The Balaban J connectivity index is 1.26. The van der Waals surface area contributed by atoms with E-state index in [1.54, 1.807) is 38.1 Å². The van der Waals surface area contributed by atoms with Gasteiger partial charge in [0.15, 0.2) is 0 Å². The lowest BCUT2D eigenvalue weighted by Crippen LogP contribution is -2.55. The second kappa shape index (κ2) is 17.6. The van der Waals surface area contributed by atoms with E-state index < -0.39 is 18.2 Å². The molecule has 3 aromatic carbocycles. The van der Waals surface area contributed by atoms with Crippen molar-refractivity contribution in [3.05, 3.63) is 107 Å². The van der Waals surface area contributed by atoms with E-state index >= 15 is 0 Å². The molecule has 0 radical (unpaired) electrons. The number of likely N-dealkylation sites (tertiary alicyclic amines) is 1. The van der Waals surface area contributed by atoms with Gasteiger partial charge in [0.2, 0.25) is 11.8 Å². The number of benzene rings is 3. The number of amidine groups is 1. The number of hydrogen-bond acceptors (Lipinski definition) is 8. The van der Waals surface area contributed by atoms with Gasteiger partial charge in [-0.1, -0.05) is 84.9 Å². The minimum absolute atomic E-state index is 0.0973. The highest BCUT2D eigenvalue weighted by Gasteiger charge is 2.35. The molecule has 1 unspecified atom stereocenters. The molecule has 3 atom stereocenters. The van der Waals surface area contributed by atoms with Crippen molar-refractivity contribution in [2.24, 2.45) is 0 Å². The van der Waals surface area contributed by atoms with E-state index in [1.165, 1.54) is 5.56 Å². The van der Waals surface area contributed by atoms with Gasteiger partial charge >= 0.3 is 12.1 Å². The number of nitrogens with zero attached hydrogens (tertiary/aromatic N) is 1. The summed E-state index contributed by atoms with van der Waals surface area (Å²) < 4.78 is 10.3. The highest BCUT2D eigenvalue weighted by molar-refractivity contribution is 6.04. The SMILES string of the molecule is CCOC(=O)CCN1CC[C@H](c2ccccc2)C[C@@H]1C(=O)NC(C)C(=O)NCc1ccc(C(=N)NC(=O)OCc2ccccc2)cc1. The highest BCUT2D eigenvalue weighted by atomic mass is 16.5. The number of carbonyl (C=O) groups is 4. The van der Waals surface area contributed by atoms with Gasteiger partial charge < -0.3 is 20.1 Å². The molecular weight excluding hydrogens is 598 g/mol. The third-order valence-corrected chi connectivity index (χ3v) is 8.10. The van der Waals surface area contributed by atoms with Crippen molar-refractivity contribution in [1.82, 2.24) is 20.9 Å². The molecule has 1 aliphatic heterocycles. The van der Waals surface area contributed by atoms with Gasteiger partial charge in [-0.05, 0) is 55.8 Å². The van der Waals surface area contributed by atoms with E-state index in [-0.39, 0.29) is 49.1 Å². The van der Waals surface area contributed by atoms with Crippen LogP contribution < -0.4 is 16.0 Å². The first-order valence-corrected chi connectivity index (χ1v) is 15.9. The quantitative estimate of drug-likeness (QED) is 0.124. The van der Waals surface area contributed by atoms with Crippen molar-refractivity contribution < 1.29 is 28.7 Å². The summed E-state index contributed by atoms with van der Waals surface area (Å²) in [7, 11) is 0. The van der Waals surface area contributed by atoms with Gasteiger partial charge in [0, 0.05) is 18.7 Å². The molecule has 0 aliphatic carbocycles. The second-order valence-electron chi connectivity index (χ2n) is 11.4. The average Bonchev–Trinajstić information content (AvgIpc) is 3.09. The van der Waals surface area contributed by atoms with Crippen LogP contribution in [0.15, 0.2) is 84.9 Å². The molecule has 3 amide bonds. The molecule has 248 valence electrons. The Morgan fingerprint density at radius 1 is 0.915 bits per heavy atom. The fraction of sp³-hybridized carbons (Fsp3) is 0.361. The summed E-state index contributed by atoms with van der Waals surface area (Å²) in [5.41, 5.74) is 3.27. The number of alkyl carbamates (subject to hydrolysis) is 1. The minimum atomic E-state index is -0.787. The molecule has 1 heterocycles. The summed E-state index contributed by atoms with van der Waals surface area (Å²) in [6.07, 6.45) is 0.904. The van der Waals surface area contributed by atoms with Crippen molar-refractivity contribution >= 4 is 29.7 Å². The van der Waals surface area contributed by atoms with Gasteiger partial charge in [0.25, 0.3) is 0 Å². The zero-order valence-electron chi connectivity index (χ0n) is 26.9. The number of nitrogens with one attached hydrogen (secondary N) is 4. The van der Waals surface area contributed by atoms with Crippen LogP contribution in [0.25, 0.3) is 0 Å². The molecule has 11 nitrogen and oxygen atoms in total. The number of hydrogen-bond donors (Lipinski definition) is 4. The fourth-order valence-corrected chi connectivity index (χ4v) is 5.49. The lowest BCUT2D eigenvalue weighted by atomic mass is 9.84. The third kappa shape index (κ3) is 10.8. The first-order valence-electron chi connectivity index (χ1n) is 15.9. The summed E-state index contributed by atoms with van der Waals surface area (Å²) in [6.45, 7) is 5.07. The molecule has 1 aliphatic rings. The average molecular weight is 642 g/mol. The topological polar surface area (TPSA) is 150 Å². The molecule has 4 rings (SSSR count). The van der Waals surface area contributed by atoms with E-state index in [9.17, 15) is 19.2 Å². The standard InChI is InChI=1S/C36H43N5O6/c1-3-46-32(42)19-21-41-20-18-30(28-12-8-5-9-13-28)22-31(41)35(44)39-25(2)34(43)38-23-26-14-16-29(17-15-26)33(37)40-36(45)47-24-27-10-6-4-7-11-27/h4-17,25,30-31H,3,18-24H2,1-2H3,(H,38,43)(H,39,44)(H2,37,40,45)/t25?,30-,31+/m0/s1. The third-order valence-electron chi connectivity index (χ3n) is 8.10. The summed E-state index contributed by atoms with van der Waals surface area (Å²) in [5.74, 6) is -0.814. The van der Waals surface area contributed by atoms with Gasteiger partial charge in [0.1, 0.15) is 18.5 Å². The zero-order valence-corrected chi connectivity index (χ0v) is 26.9. The molecule has 47 heavy (non-hydrogen) atoms. The number of carbonyl (C=O) groups excluding carboxylic acids is 4. The Morgan fingerprint density at radius 3 is 2.28 bits per heavy atom. The van der Waals surface area contributed by atoms with Gasteiger partial charge in [-0.25, -0.2) is 4.79 Å². The summed E-state index contributed by atoms with van der Waals surface area (Å²) in [5, 5.41) is 16.3. The van der Waals surface area contributed by atoms with Crippen molar-refractivity contribution in [1.29, 1.82) is 5.41 Å². The van der Waals surface area contributed by atoms with Crippen LogP contribution >= 0.6 is 0 Å². The first-order chi connectivity index (χ1) is 22.7. The number of piperidine rings is 1. The summed E-state index contributed by atoms with van der Waals surface area (Å²) in [4.78, 5) is 52.6. The van der Waals surface area contributed by atoms with E-state index in [1.807, 2.05) is 53.4 Å². The van der Waals surface area contributed by atoms with Crippen molar-refractivity contribution in [2.45, 2.75) is 64.3 Å². The molecule has 0 spiro atoms. The summed E-state index contributed by atoms with van der Waals surface area (Å²) >= 11 is 0. The van der Waals surface area contributed by atoms with E-state index in [0.717, 1.165) is 17.5 Å². The van der Waals surface area contributed by atoms with Gasteiger partial charge in [-0.2, -0.15) is 0 Å². The zero-order chi connectivity index (χ0) is 33.6. The Hall–Kier alpha value is -5.03. The predicted octanol–water partition coefficient (Wildman–Crippen LogP) is 4.26. The summed E-state index contributed by atoms with van der Waals surface area (Å²) in [6, 6.07) is 24.9. The van der Waals surface area contributed by atoms with Crippen LogP contribution in [0, 0.1) is 5.41 Å². The molecule has 1 saturated heterocycles. The Bertz CT molecular complexity index is 1500. The number of rotatable bonds is 13. The van der Waals surface area contributed by atoms with Gasteiger partial charge in [-0.15, -0.1) is 0 Å². The molecule has 0 bridgehead atoms. The second-order valence-corrected chi connectivity index (χ2v) is 11.4. The molecule has 0 aromatic heterocycles. The Morgan fingerprint density at radius 2 is 1.60 bits per heavy atom. The smallest absolute Gasteiger partial charge is 0.413 e. The largest absolute Gasteiger partial charge is 0.466 e. The Labute approximate surface area is 275 Å². The van der Waals surface area contributed by atoms with Crippen LogP contribution in [0.1, 0.15) is 61.3 Å². The highest BCUT2D eigenvalue weighted by Crippen LogP contribution is 2.32. The molecule has 1 fully saturated rings. The monoisotopic (exact) mass is 641 g/mol. The van der Waals surface area contributed by atoms with Gasteiger partial charge in [-0.3, -0.25) is 30.0 Å². The fourth-order valence-electron chi connectivity index (χ4n) is 5.49. The molecule has 0 saturated carbocycles. The molecule has 3 aromatic rings. The number of ether oxygens (including phenoxy) is 2. The lowest BCUT2D eigenvalue weighted by Gasteiger charge is -2.39. The number of esters is 1. The minimum Gasteiger partial charge on any atom is -0.466 e. The maximum Gasteiger partial charge on any atom is 0.413 e. The maximum absolute atomic E-state index is 13.5. The van der Waals surface area contributed by atoms with E-state index in [4.69, 9.17) is 14.9 Å². The van der Waals surface area contributed by atoms with Crippen LogP contribution in [-0.4, -0.2) is 66.4 Å². The molecular formula is C36H43N5O6. The maximum atomic E-state index is 13.5.